The fourth-order valence-corrected chi connectivity index (χ4v) is 2.46. The lowest BCUT2D eigenvalue weighted by molar-refractivity contribution is 0.185. The number of hydrogen-bond donors (Lipinski definition) is 3. The third-order valence-corrected chi connectivity index (χ3v) is 3.34. The van der Waals surface area contributed by atoms with E-state index >= 15 is 0 Å². The summed E-state index contributed by atoms with van der Waals surface area (Å²) < 4.78 is 0. The standard InChI is InChI=1S/C12H17NO2/c13-7-10-3-1-2-8-4-5-9(12(14)15)6-11(8)10/h4-5,10,14-15H,1-3,6-7,13H2. The summed E-state index contributed by atoms with van der Waals surface area (Å²) in [7, 11) is 0. The van der Waals surface area contributed by atoms with Gasteiger partial charge in [-0.3, -0.25) is 0 Å². The largest absolute Gasteiger partial charge is 0.481 e. The Labute approximate surface area is 89.6 Å². The summed E-state index contributed by atoms with van der Waals surface area (Å²) in [6, 6.07) is 0. The first-order chi connectivity index (χ1) is 7.22. The van der Waals surface area contributed by atoms with E-state index in [2.05, 4.69) is 0 Å². The fourth-order valence-electron chi connectivity index (χ4n) is 2.46. The van der Waals surface area contributed by atoms with E-state index in [0.29, 0.717) is 24.5 Å². The first kappa shape index (κ1) is 10.3. The molecule has 1 atom stereocenters. The second-order valence-electron chi connectivity index (χ2n) is 4.23. The predicted molar refractivity (Wildman–Crippen MR) is 59.5 cm³/mol. The van der Waals surface area contributed by atoms with Crippen molar-refractivity contribution < 1.29 is 10.2 Å². The molecular formula is C12H17NO2. The summed E-state index contributed by atoms with van der Waals surface area (Å²) in [4.78, 5) is 0. The van der Waals surface area contributed by atoms with Crippen molar-refractivity contribution in [2.75, 3.05) is 6.54 Å². The van der Waals surface area contributed by atoms with Crippen molar-refractivity contribution in [1.82, 2.24) is 0 Å². The number of nitrogens with two attached hydrogens (primary N) is 1. The van der Waals surface area contributed by atoms with Gasteiger partial charge in [0.15, 0.2) is 0 Å². The van der Waals surface area contributed by atoms with Gasteiger partial charge in [0.2, 0.25) is 0 Å². The van der Waals surface area contributed by atoms with Gasteiger partial charge in [-0.15, -0.1) is 0 Å². The van der Waals surface area contributed by atoms with E-state index in [0.717, 1.165) is 12.8 Å². The van der Waals surface area contributed by atoms with Gasteiger partial charge in [-0.25, -0.2) is 0 Å². The van der Waals surface area contributed by atoms with Crippen molar-refractivity contribution in [3.8, 4) is 0 Å². The molecule has 0 bridgehead atoms. The van der Waals surface area contributed by atoms with Crippen LogP contribution >= 0.6 is 0 Å². The predicted octanol–water partition coefficient (Wildman–Crippen LogP) is 2.33. The Bertz CT molecular complexity index is 349. The van der Waals surface area contributed by atoms with E-state index < -0.39 is 5.95 Å². The lowest BCUT2D eigenvalue weighted by Crippen LogP contribution is -2.22. The second kappa shape index (κ2) is 4.11. The summed E-state index contributed by atoms with van der Waals surface area (Å²) in [6.07, 6.45) is 7.87. The second-order valence-corrected chi connectivity index (χ2v) is 4.23. The minimum Gasteiger partial charge on any atom is -0.481 e. The third kappa shape index (κ3) is 1.92. The van der Waals surface area contributed by atoms with Crippen LogP contribution in [-0.4, -0.2) is 16.8 Å². The Morgan fingerprint density at radius 1 is 1.40 bits per heavy atom. The average Bonchev–Trinajstić information content (AvgIpc) is 2.27. The van der Waals surface area contributed by atoms with Crippen LogP contribution in [0.1, 0.15) is 25.7 Å². The topological polar surface area (TPSA) is 66.5 Å². The van der Waals surface area contributed by atoms with E-state index in [-0.39, 0.29) is 0 Å². The Kier molecular flexibility index (Phi) is 2.82. The maximum atomic E-state index is 9.06. The molecule has 4 N–H and O–H groups in total. The van der Waals surface area contributed by atoms with E-state index in [1.54, 1.807) is 6.08 Å². The molecule has 3 heteroatoms. The van der Waals surface area contributed by atoms with Gasteiger partial charge in [-0.05, 0) is 37.3 Å². The van der Waals surface area contributed by atoms with Crippen molar-refractivity contribution in [3.63, 3.8) is 0 Å². The van der Waals surface area contributed by atoms with Crippen LogP contribution in [0.3, 0.4) is 0 Å². The van der Waals surface area contributed by atoms with Crippen LogP contribution in [0.2, 0.25) is 0 Å². The molecule has 0 aliphatic heterocycles. The Morgan fingerprint density at radius 2 is 2.20 bits per heavy atom. The molecule has 0 spiro atoms. The summed E-state index contributed by atoms with van der Waals surface area (Å²) in [5, 5.41) is 18.1. The van der Waals surface area contributed by atoms with Crippen LogP contribution in [0.25, 0.3) is 0 Å². The molecule has 82 valence electrons. The number of allylic oxidation sites excluding steroid dienone is 4. The maximum Gasteiger partial charge on any atom is 0.277 e. The molecule has 2 aliphatic carbocycles. The molecule has 0 saturated carbocycles. The van der Waals surface area contributed by atoms with Crippen molar-refractivity contribution >= 4 is 0 Å². The number of rotatable bonds is 1. The molecule has 0 radical (unpaired) electrons. The molecule has 0 aromatic heterocycles. The van der Waals surface area contributed by atoms with E-state index in [1.807, 2.05) is 6.08 Å². The SMILES string of the molecule is NCC1CCCC2=C1CC(=C(O)O)C=C2. The highest BCUT2D eigenvalue weighted by atomic mass is 16.5. The highest BCUT2D eigenvalue weighted by Crippen LogP contribution is 2.37. The maximum absolute atomic E-state index is 9.06. The van der Waals surface area contributed by atoms with Crippen LogP contribution in [0, 0.1) is 5.92 Å². The quantitative estimate of drug-likeness (QED) is 0.578. The van der Waals surface area contributed by atoms with Gasteiger partial charge in [0.05, 0.1) is 0 Å². The molecule has 0 saturated heterocycles. The summed E-state index contributed by atoms with van der Waals surface area (Å²) >= 11 is 0. The highest BCUT2D eigenvalue weighted by Gasteiger charge is 2.24. The zero-order valence-corrected chi connectivity index (χ0v) is 8.74. The van der Waals surface area contributed by atoms with E-state index in [9.17, 15) is 0 Å². The minimum absolute atomic E-state index is 0.424. The van der Waals surface area contributed by atoms with Gasteiger partial charge in [-0.1, -0.05) is 17.7 Å². The monoisotopic (exact) mass is 207 g/mol. The molecule has 2 aliphatic rings. The molecule has 15 heavy (non-hydrogen) atoms. The Morgan fingerprint density at radius 3 is 2.87 bits per heavy atom. The summed E-state index contributed by atoms with van der Waals surface area (Å²) in [5.41, 5.74) is 8.99. The van der Waals surface area contributed by atoms with Crippen molar-refractivity contribution in [2.45, 2.75) is 25.7 Å². The molecule has 1 unspecified atom stereocenters. The zero-order chi connectivity index (χ0) is 10.8. The van der Waals surface area contributed by atoms with Gasteiger partial charge >= 0.3 is 0 Å². The van der Waals surface area contributed by atoms with E-state index in [1.165, 1.54) is 17.6 Å². The molecule has 0 aromatic carbocycles. The van der Waals surface area contributed by atoms with Gasteiger partial charge in [0, 0.05) is 12.0 Å². The van der Waals surface area contributed by atoms with Gasteiger partial charge < -0.3 is 15.9 Å². The lowest BCUT2D eigenvalue weighted by Gasteiger charge is -2.29. The van der Waals surface area contributed by atoms with Crippen LogP contribution in [0.15, 0.2) is 34.8 Å². The van der Waals surface area contributed by atoms with Crippen molar-refractivity contribution in [1.29, 1.82) is 0 Å². The normalized spacial score (nSPS) is 25.4. The smallest absolute Gasteiger partial charge is 0.277 e. The van der Waals surface area contributed by atoms with Crippen molar-refractivity contribution in [2.24, 2.45) is 11.7 Å². The highest BCUT2D eigenvalue weighted by molar-refractivity contribution is 5.42. The first-order valence-corrected chi connectivity index (χ1v) is 5.43. The number of hydrogen-bond acceptors (Lipinski definition) is 3. The van der Waals surface area contributed by atoms with Crippen LogP contribution in [0.5, 0.6) is 0 Å². The Balaban J connectivity index is 2.29. The molecule has 0 amide bonds. The third-order valence-electron chi connectivity index (χ3n) is 3.34. The van der Waals surface area contributed by atoms with Crippen LogP contribution in [0.4, 0.5) is 0 Å². The molecule has 0 heterocycles. The van der Waals surface area contributed by atoms with Gasteiger partial charge in [-0.2, -0.15) is 0 Å². The summed E-state index contributed by atoms with van der Waals surface area (Å²) in [6.45, 7) is 0.659. The summed E-state index contributed by atoms with van der Waals surface area (Å²) in [5.74, 6) is -0.132. The molecular weight excluding hydrogens is 190 g/mol. The molecule has 0 fully saturated rings. The number of aliphatic hydroxyl groups excluding tert-OH is 1. The molecule has 3 nitrogen and oxygen atoms in total. The average molecular weight is 207 g/mol. The first-order valence-electron chi connectivity index (χ1n) is 5.43. The van der Waals surface area contributed by atoms with E-state index in [4.69, 9.17) is 15.9 Å². The zero-order valence-electron chi connectivity index (χ0n) is 8.74. The molecule has 2 rings (SSSR count). The van der Waals surface area contributed by atoms with Crippen LogP contribution < -0.4 is 5.73 Å². The number of aliphatic hydroxyl groups is 2. The molecule has 0 aromatic rings. The van der Waals surface area contributed by atoms with Gasteiger partial charge in [0.25, 0.3) is 5.95 Å². The lowest BCUT2D eigenvalue weighted by atomic mass is 9.77. The minimum atomic E-state index is -0.556. The van der Waals surface area contributed by atoms with Crippen LogP contribution in [-0.2, 0) is 0 Å². The fraction of sp³-hybridized carbons (Fsp3) is 0.500. The van der Waals surface area contributed by atoms with Crippen molar-refractivity contribution in [3.05, 3.63) is 34.8 Å². The van der Waals surface area contributed by atoms with Gasteiger partial charge in [0.1, 0.15) is 0 Å². The Hall–Kier alpha value is -1.22.